The zero-order valence-corrected chi connectivity index (χ0v) is 26.4. The molecule has 0 saturated heterocycles. The number of aryl methyl sites for hydroxylation is 2. The molecule has 6 aromatic rings. The van der Waals surface area contributed by atoms with Crippen LogP contribution in [0, 0.1) is 6.92 Å². The second-order valence-corrected chi connectivity index (χ2v) is 12.0. The normalized spacial score (nSPS) is 11.3. The Labute approximate surface area is 271 Å². The maximum Gasteiger partial charge on any atom is 0.322 e. The lowest BCUT2D eigenvalue weighted by molar-refractivity contribution is -0.112. The van der Waals surface area contributed by atoms with Gasteiger partial charge < -0.3 is 15.8 Å². The molecule has 9 nitrogen and oxygen atoms in total. The summed E-state index contributed by atoms with van der Waals surface area (Å²) in [6.07, 6.45) is 3.90. The predicted molar refractivity (Wildman–Crippen MR) is 177 cm³/mol. The topological polar surface area (TPSA) is 121 Å². The number of nitrogen functional groups attached to an aromatic ring is 1. The van der Waals surface area contributed by atoms with E-state index in [1.807, 2.05) is 13.1 Å². The lowest BCUT2D eigenvalue weighted by Crippen LogP contribution is -2.12. The molecular formula is C33H26ClF2N7O2S. The van der Waals surface area contributed by atoms with E-state index in [0.717, 1.165) is 21.5 Å². The molecule has 0 aliphatic carbocycles. The van der Waals surface area contributed by atoms with Gasteiger partial charge in [0, 0.05) is 85.4 Å². The molecular weight excluding hydrogens is 632 g/mol. The van der Waals surface area contributed by atoms with Crippen LogP contribution in [0.2, 0.25) is 5.02 Å². The van der Waals surface area contributed by atoms with E-state index in [9.17, 15) is 13.6 Å². The fourth-order valence-electron chi connectivity index (χ4n) is 4.93. The molecule has 46 heavy (non-hydrogen) atoms. The second-order valence-electron chi connectivity index (χ2n) is 10.5. The van der Waals surface area contributed by atoms with Crippen LogP contribution < -0.4 is 15.8 Å². The Hall–Kier alpha value is -5.20. The zero-order chi connectivity index (χ0) is 32.7. The van der Waals surface area contributed by atoms with E-state index < -0.39 is 12.3 Å². The Bertz CT molecular complexity index is 2160. The van der Waals surface area contributed by atoms with Crippen molar-refractivity contribution in [2.45, 2.75) is 20.3 Å². The van der Waals surface area contributed by atoms with Crippen molar-refractivity contribution in [3.8, 4) is 44.5 Å². The second kappa shape index (κ2) is 12.3. The maximum absolute atomic E-state index is 14.7. The molecule has 3 N–H and O–H groups in total. The number of rotatable bonds is 8. The highest BCUT2D eigenvalue weighted by Gasteiger charge is 2.26. The van der Waals surface area contributed by atoms with E-state index in [1.165, 1.54) is 24.3 Å². The van der Waals surface area contributed by atoms with Crippen molar-refractivity contribution < 1.29 is 18.3 Å². The first kappa shape index (κ1) is 30.8. The highest BCUT2D eigenvalue weighted by Crippen LogP contribution is 2.52. The van der Waals surface area contributed by atoms with Gasteiger partial charge in [0.05, 0.1) is 11.2 Å². The number of amides is 1. The molecule has 4 aromatic heterocycles. The van der Waals surface area contributed by atoms with Crippen molar-refractivity contribution in [2.24, 2.45) is 7.05 Å². The van der Waals surface area contributed by atoms with Gasteiger partial charge in [-0.1, -0.05) is 30.3 Å². The average Bonchev–Trinajstić information content (AvgIpc) is 3.63. The predicted octanol–water partition coefficient (Wildman–Crippen LogP) is 8.61. The summed E-state index contributed by atoms with van der Waals surface area (Å²) in [5.41, 5.74) is 10.4. The number of nitrogens with two attached hydrogens (primary N) is 1. The molecule has 1 amide bonds. The van der Waals surface area contributed by atoms with Gasteiger partial charge in [0.15, 0.2) is 0 Å². The summed E-state index contributed by atoms with van der Waals surface area (Å²) in [5, 5.41) is 7.73. The summed E-state index contributed by atoms with van der Waals surface area (Å²) in [6, 6.07) is 11.4. The maximum atomic E-state index is 14.7. The Balaban J connectivity index is 1.58. The lowest BCUT2D eigenvalue weighted by Gasteiger charge is -2.14. The first-order valence-corrected chi connectivity index (χ1v) is 15.1. The Morgan fingerprint density at radius 2 is 1.91 bits per heavy atom. The van der Waals surface area contributed by atoms with Crippen molar-refractivity contribution >= 4 is 50.4 Å². The van der Waals surface area contributed by atoms with Gasteiger partial charge in [-0.15, -0.1) is 11.3 Å². The van der Waals surface area contributed by atoms with E-state index in [1.54, 1.807) is 66.7 Å². The molecule has 0 bridgehead atoms. The van der Waals surface area contributed by atoms with Crippen LogP contribution in [0.1, 0.15) is 24.6 Å². The number of alkyl halides is 2. The summed E-state index contributed by atoms with van der Waals surface area (Å²) in [5.74, 6) is 0.0577. The third kappa shape index (κ3) is 5.92. The van der Waals surface area contributed by atoms with Crippen LogP contribution in [-0.4, -0.2) is 30.6 Å². The summed E-state index contributed by atoms with van der Waals surface area (Å²) < 4.78 is 37.7. The molecule has 2 aromatic carbocycles. The summed E-state index contributed by atoms with van der Waals surface area (Å²) in [7, 11) is 1.80. The Morgan fingerprint density at radius 1 is 1.11 bits per heavy atom. The van der Waals surface area contributed by atoms with E-state index in [4.69, 9.17) is 22.1 Å². The molecule has 0 fully saturated rings. The molecule has 0 atom stereocenters. The van der Waals surface area contributed by atoms with Crippen molar-refractivity contribution in [2.75, 3.05) is 11.1 Å². The molecule has 13 heteroatoms. The van der Waals surface area contributed by atoms with Crippen LogP contribution in [0.25, 0.3) is 42.8 Å². The number of anilines is 2. The molecule has 0 aliphatic heterocycles. The fraction of sp³-hybridized carbons (Fsp3) is 0.121. The number of halogens is 3. The number of nitrogens with one attached hydrogen (secondary N) is 1. The number of carbonyl (C=O) groups excluding carboxylic acids is 1. The van der Waals surface area contributed by atoms with E-state index in [2.05, 4.69) is 31.9 Å². The lowest BCUT2D eigenvalue weighted by atomic mass is 9.95. The van der Waals surface area contributed by atoms with Gasteiger partial charge in [0.25, 0.3) is 12.3 Å². The van der Waals surface area contributed by atoms with Gasteiger partial charge in [-0.25, -0.2) is 23.7 Å². The summed E-state index contributed by atoms with van der Waals surface area (Å²) in [6.45, 7) is 6.97. The number of ether oxygens (including phenoxy) is 1. The number of fused-ring (bicyclic) bond motifs is 1. The summed E-state index contributed by atoms with van der Waals surface area (Å²) in [4.78, 5) is 25.6. The molecule has 6 rings (SSSR count). The van der Waals surface area contributed by atoms with Gasteiger partial charge >= 0.3 is 6.01 Å². The number of hydrogen-bond acceptors (Lipinski definition) is 8. The van der Waals surface area contributed by atoms with Crippen LogP contribution >= 0.6 is 22.9 Å². The number of aromatic nitrogens is 5. The summed E-state index contributed by atoms with van der Waals surface area (Å²) >= 11 is 8.03. The van der Waals surface area contributed by atoms with Crippen LogP contribution in [-0.2, 0) is 11.8 Å². The number of pyridine rings is 1. The minimum absolute atomic E-state index is 0.131. The minimum atomic E-state index is -2.86. The third-order valence-corrected chi connectivity index (χ3v) is 8.68. The minimum Gasteiger partial charge on any atom is -0.423 e. The molecule has 0 aliphatic rings. The monoisotopic (exact) mass is 657 g/mol. The Morgan fingerprint density at radius 3 is 2.59 bits per heavy atom. The Kier molecular flexibility index (Phi) is 8.24. The largest absolute Gasteiger partial charge is 0.423 e. The van der Waals surface area contributed by atoms with Gasteiger partial charge in [-0.3, -0.25) is 9.48 Å². The fourth-order valence-corrected chi connectivity index (χ4v) is 6.56. The molecule has 232 valence electrons. The van der Waals surface area contributed by atoms with Crippen LogP contribution in [0.3, 0.4) is 0 Å². The van der Waals surface area contributed by atoms with Crippen LogP contribution in [0.5, 0.6) is 11.8 Å². The number of thiophene rings is 1. The molecule has 4 heterocycles. The average molecular weight is 658 g/mol. The van der Waals surface area contributed by atoms with Gasteiger partial charge in [0.2, 0.25) is 0 Å². The highest BCUT2D eigenvalue weighted by atomic mass is 35.5. The molecule has 0 saturated carbocycles. The molecule has 0 radical (unpaired) electrons. The van der Waals surface area contributed by atoms with Crippen molar-refractivity contribution in [3.63, 3.8) is 0 Å². The van der Waals surface area contributed by atoms with Crippen LogP contribution in [0.15, 0.2) is 79.4 Å². The SMILES string of the molecule is C=C(C)C(=O)Nc1ccc(-c2sc3c(-c4cnn(C)c4)cnc(N)c3c2-c2ccc(Oc3nccc(C)n3)c(Cl)c2)c(C(F)F)c1. The smallest absolute Gasteiger partial charge is 0.322 e. The first-order valence-electron chi connectivity index (χ1n) is 13.9. The number of benzene rings is 2. The quantitative estimate of drug-likeness (QED) is 0.157. The third-order valence-electron chi connectivity index (χ3n) is 7.13. The van der Waals surface area contributed by atoms with Crippen molar-refractivity contribution in [1.29, 1.82) is 0 Å². The number of carbonyl (C=O) groups is 1. The van der Waals surface area contributed by atoms with Crippen molar-refractivity contribution in [3.05, 3.63) is 95.7 Å². The number of nitrogens with zero attached hydrogens (tertiary/aromatic N) is 5. The number of hydrogen-bond donors (Lipinski definition) is 2. The molecule has 0 unspecified atom stereocenters. The van der Waals surface area contributed by atoms with E-state index >= 15 is 0 Å². The van der Waals surface area contributed by atoms with E-state index in [-0.39, 0.29) is 39.2 Å². The van der Waals surface area contributed by atoms with Crippen LogP contribution in [0.4, 0.5) is 20.3 Å². The van der Waals surface area contributed by atoms with Gasteiger partial charge in [-0.05, 0) is 49.7 Å². The molecule has 0 spiro atoms. The van der Waals surface area contributed by atoms with E-state index in [0.29, 0.717) is 27.1 Å². The first-order chi connectivity index (χ1) is 22.0. The van der Waals surface area contributed by atoms with Crippen molar-refractivity contribution in [1.82, 2.24) is 24.7 Å². The van der Waals surface area contributed by atoms with Gasteiger partial charge in [0.1, 0.15) is 11.6 Å². The zero-order valence-electron chi connectivity index (χ0n) is 24.8. The highest BCUT2D eigenvalue weighted by molar-refractivity contribution is 7.23. The van der Waals surface area contributed by atoms with Gasteiger partial charge in [-0.2, -0.15) is 5.10 Å². The standard InChI is InChI=1S/C33H26ClF2N7O2S/c1-16(2)32(44)42-20-6-7-21(22(12-20)30(35)36)28-26(18-5-8-25(24(34)11-18)45-33-38-10-9-17(3)41-33)27-29(46-28)23(14-39-31(27)37)19-13-40-43(4)15-19/h5-15,30H,1H2,2-4H3,(H2,37,39)(H,42,44).